The van der Waals surface area contributed by atoms with E-state index < -0.39 is 0 Å². The van der Waals surface area contributed by atoms with Crippen LogP contribution in [0, 0.1) is 0 Å². The highest BCUT2D eigenvalue weighted by atomic mass is 35.5. The van der Waals surface area contributed by atoms with Gasteiger partial charge in [-0.1, -0.05) is 18.5 Å². The molecule has 0 fully saturated rings. The van der Waals surface area contributed by atoms with Gasteiger partial charge in [0.1, 0.15) is 5.02 Å². The van der Waals surface area contributed by atoms with Crippen LogP contribution in [0.4, 0.5) is 0 Å². The van der Waals surface area contributed by atoms with Gasteiger partial charge in [0.05, 0.1) is 6.61 Å². The van der Waals surface area contributed by atoms with E-state index in [4.69, 9.17) is 16.3 Å². The summed E-state index contributed by atoms with van der Waals surface area (Å²) in [4.78, 5) is 8.27. The molecule has 0 saturated heterocycles. The van der Waals surface area contributed by atoms with E-state index in [1.165, 1.54) is 5.56 Å². The quantitative estimate of drug-likeness (QED) is 0.761. The largest absolute Gasteiger partial charge is 0.477 e. The Bertz CT molecular complexity index is 548. The molecule has 2 heterocycles. The Balaban J connectivity index is 1.78. The number of pyridine rings is 2. The second-order valence-electron chi connectivity index (χ2n) is 4.72. The van der Waals surface area contributed by atoms with Crippen molar-refractivity contribution in [1.29, 1.82) is 0 Å². The number of ether oxygens (including phenoxy) is 1. The normalized spacial score (nSPS) is 10.6. The average Bonchev–Trinajstić information content (AvgIpc) is 2.52. The van der Waals surface area contributed by atoms with Crippen molar-refractivity contribution in [2.45, 2.75) is 26.3 Å². The van der Waals surface area contributed by atoms with Crippen LogP contribution in [0.2, 0.25) is 5.02 Å². The standard InChI is InChI=1S/C16H20ClN3O/c1-2-18-11-14-10-15(17)16(20-12-14)21-9-3-4-13-5-7-19-8-6-13/h5-8,10,12,18H,2-4,9,11H2,1H3. The summed E-state index contributed by atoms with van der Waals surface area (Å²) in [5, 5.41) is 3.80. The summed E-state index contributed by atoms with van der Waals surface area (Å²) >= 11 is 6.18. The van der Waals surface area contributed by atoms with Gasteiger partial charge in [0.15, 0.2) is 0 Å². The van der Waals surface area contributed by atoms with Crippen LogP contribution in [-0.2, 0) is 13.0 Å². The third-order valence-corrected chi connectivity index (χ3v) is 3.31. The lowest BCUT2D eigenvalue weighted by Gasteiger charge is -2.08. The molecule has 0 aliphatic rings. The highest BCUT2D eigenvalue weighted by Gasteiger charge is 2.05. The molecule has 0 bridgehead atoms. The zero-order valence-electron chi connectivity index (χ0n) is 12.2. The van der Waals surface area contributed by atoms with E-state index in [9.17, 15) is 0 Å². The molecule has 21 heavy (non-hydrogen) atoms. The Kier molecular flexibility index (Phi) is 6.44. The fourth-order valence-corrected chi connectivity index (χ4v) is 2.18. The molecule has 0 atom stereocenters. The van der Waals surface area contributed by atoms with Crippen LogP contribution in [0.15, 0.2) is 36.8 Å². The van der Waals surface area contributed by atoms with Gasteiger partial charge < -0.3 is 10.1 Å². The van der Waals surface area contributed by atoms with Crippen LogP contribution in [0.3, 0.4) is 0 Å². The summed E-state index contributed by atoms with van der Waals surface area (Å²) in [5.74, 6) is 0.506. The van der Waals surface area contributed by atoms with E-state index in [1.54, 1.807) is 18.6 Å². The van der Waals surface area contributed by atoms with Crippen molar-refractivity contribution in [1.82, 2.24) is 15.3 Å². The second kappa shape index (κ2) is 8.60. The Labute approximate surface area is 130 Å². The lowest BCUT2D eigenvalue weighted by atomic mass is 10.1. The molecule has 0 aliphatic heterocycles. The van der Waals surface area contributed by atoms with E-state index in [0.29, 0.717) is 17.5 Å². The van der Waals surface area contributed by atoms with Gasteiger partial charge in [-0.15, -0.1) is 0 Å². The molecule has 0 unspecified atom stereocenters. The van der Waals surface area contributed by atoms with Gasteiger partial charge in [0.2, 0.25) is 5.88 Å². The molecule has 2 rings (SSSR count). The van der Waals surface area contributed by atoms with E-state index in [0.717, 1.165) is 31.5 Å². The zero-order valence-corrected chi connectivity index (χ0v) is 12.9. The predicted molar refractivity (Wildman–Crippen MR) is 84.7 cm³/mol. The van der Waals surface area contributed by atoms with Gasteiger partial charge in [-0.2, -0.15) is 0 Å². The molecule has 1 N–H and O–H groups in total. The smallest absolute Gasteiger partial charge is 0.232 e. The van der Waals surface area contributed by atoms with Crippen molar-refractivity contribution in [3.8, 4) is 5.88 Å². The van der Waals surface area contributed by atoms with Crippen LogP contribution in [0.25, 0.3) is 0 Å². The van der Waals surface area contributed by atoms with Gasteiger partial charge in [0.25, 0.3) is 0 Å². The van der Waals surface area contributed by atoms with Gasteiger partial charge in [-0.3, -0.25) is 4.98 Å². The van der Waals surface area contributed by atoms with Crippen LogP contribution < -0.4 is 10.1 Å². The SMILES string of the molecule is CCNCc1cnc(OCCCc2ccncc2)c(Cl)c1. The van der Waals surface area contributed by atoms with Crippen LogP contribution in [-0.4, -0.2) is 23.1 Å². The first-order valence-electron chi connectivity index (χ1n) is 7.16. The summed E-state index contributed by atoms with van der Waals surface area (Å²) in [6.45, 7) is 4.35. The monoisotopic (exact) mass is 305 g/mol. The second-order valence-corrected chi connectivity index (χ2v) is 5.13. The number of halogens is 1. The minimum absolute atomic E-state index is 0.506. The maximum atomic E-state index is 6.18. The Hall–Kier alpha value is -1.65. The van der Waals surface area contributed by atoms with Crippen molar-refractivity contribution in [3.63, 3.8) is 0 Å². The number of hydrogen-bond acceptors (Lipinski definition) is 4. The number of hydrogen-bond donors (Lipinski definition) is 1. The maximum absolute atomic E-state index is 6.18. The summed E-state index contributed by atoms with van der Waals surface area (Å²) in [5.41, 5.74) is 2.32. The number of nitrogens with zero attached hydrogens (tertiary/aromatic N) is 2. The fraction of sp³-hybridized carbons (Fsp3) is 0.375. The Morgan fingerprint density at radius 3 is 2.76 bits per heavy atom. The van der Waals surface area contributed by atoms with E-state index >= 15 is 0 Å². The first-order valence-corrected chi connectivity index (χ1v) is 7.54. The van der Waals surface area contributed by atoms with Crippen molar-refractivity contribution in [2.75, 3.05) is 13.2 Å². The van der Waals surface area contributed by atoms with Crippen LogP contribution in [0.5, 0.6) is 5.88 Å². The fourth-order valence-electron chi connectivity index (χ4n) is 1.93. The lowest BCUT2D eigenvalue weighted by molar-refractivity contribution is 0.299. The molecule has 4 nitrogen and oxygen atoms in total. The number of aryl methyl sites for hydroxylation is 1. The molecule has 5 heteroatoms. The molecular weight excluding hydrogens is 286 g/mol. The van der Waals surface area contributed by atoms with Gasteiger partial charge in [0, 0.05) is 25.1 Å². The third kappa shape index (κ3) is 5.33. The van der Waals surface area contributed by atoms with Crippen molar-refractivity contribution < 1.29 is 4.74 Å². The third-order valence-electron chi connectivity index (χ3n) is 3.04. The van der Waals surface area contributed by atoms with Gasteiger partial charge in [-0.25, -0.2) is 4.98 Å². The minimum Gasteiger partial charge on any atom is -0.477 e. The molecule has 2 aromatic rings. The summed E-state index contributed by atoms with van der Waals surface area (Å²) < 4.78 is 5.64. The number of nitrogens with one attached hydrogen (secondary N) is 1. The average molecular weight is 306 g/mol. The first-order chi connectivity index (χ1) is 10.3. The molecular formula is C16H20ClN3O. The van der Waals surface area contributed by atoms with Crippen molar-refractivity contribution >= 4 is 11.6 Å². The number of rotatable bonds is 8. The summed E-state index contributed by atoms with van der Waals surface area (Å²) in [6.07, 6.45) is 7.28. The molecule has 112 valence electrons. The Morgan fingerprint density at radius 1 is 1.24 bits per heavy atom. The van der Waals surface area contributed by atoms with Crippen molar-refractivity contribution in [3.05, 3.63) is 52.9 Å². The summed E-state index contributed by atoms with van der Waals surface area (Å²) in [6, 6.07) is 5.93. The molecule has 0 amide bonds. The highest BCUT2D eigenvalue weighted by Crippen LogP contribution is 2.22. The summed E-state index contributed by atoms with van der Waals surface area (Å²) in [7, 11) is 0. The van der Waals surface area contributed by atoms with Crippen LogP contribution >= 0.6 is 11.6 Å². The zero-order chi connectivity index (χ0) is 14.9. The van der Waals surface area contributed by atoms with E-state index in [2.05, 4.69) is 22.2 Å². The maximum Gasteiger partial charge on any atom is 0.232 e. The lowest BCUT2D eigenvalue weighted by Crippen LogP contribution is -2.12. The minimum atomic E-state index is 0.506. The Morgan fingerprint density at radius 2 is 2.05 bits per heavy atom. The molecule has 0 radical (unpaired) electrons. The van der Waals surface area contributed by atoms with E-state index in [-0.39, 0.29) is 0 Å². The molecule has 2 aromatic heterocycles. The van der Waals surface area contributed by atoms with E-state index in [1.807, 2.05) is 18.2 Å². The van der Waals surface area contributed by atoms with Crippen molar-refractivity contribution in [2.24, 2.45) is 0 Å². The first kappa shape index (κ1) is 15.7. The molecule has 0 saturated carbocycles. The molecule has 0 aliphatic carbocycles. The van der Waals surface area contributed by atoms with Gasteiger partial charge >= 0.3 is 0 Å². The highest BCUT2D eigenvalue weighted by molar-refractivity contribution is 6.31. The molecule has 0 aromatic carbocycles. The molecule has 0 spiro atoms. The predicted octanol–water partition coefficient (Wildman–Crippen LogP) is 3.25. The topological polar surface area (TPSA) is 47.0 Å². The van der Waals surface area contributed by atoms with Gasteiger partial charge in [-0.05, 0) is 48.7 Å². The number of aromatic nitrogens is 2. The van der Waals surface area contributed by atoms with Crippen LogP contribution in [0.1, 0.15) is 24.5 Å².